The van der Waals surface area contributed by atoms with Gasteiger partial charge in [-0.3, -0.25) is 4.90 Å². The molecular weight excluding hydrogens is 398 g/mol. The van der Waals surface area contributed by atoms with Crippen molar-refractivity contribution in [3.05, 3.63) is 47.0 Å². The van der Waals surface area contributed by atoms with Crippen LogP contribution in [0.15, 0.2) is 35.9 Å². The van der Waals surface area contributed by atoms with Crippen LogP contribution in [0, 0.1) is 12.8 Å². The molecule has 6 heteroatoms. The summed E-state index contributed by atoms with van der Waals surface area (Å²) in [4.78, 5) is 19.3. The Morgan fingerprint density at radius 2 is 1.90 bits per heavy atom. The molecule has 0 aromatic heterocycles. The second-order valence-corrected chi connectivity index (χ2v) is 9.45. The average molecular weight is 436 g/mol. The van der Waals surface area contributed by atoms with Crippen LogP contribution < -0.4 is 0 Å². The lowest BCUT2D eigenvalue weighted by Crippen LogP contribution is -2.48. The van der Waals surface area contributed by atoms with E-state index in [4.69, 9.17) is 16.3 Å². The number of carbonyl (C=O) groups excluding carboxylic acids is 1. The van der Waals surface area contributed by atoms with E-state index in [-0.39, 0.29) is 18.7 Å². The van der Waals surface area contributed by atoms with Crippen LogP contribution in [0.25, 0.3) is 0 Å². The number of nitrogens with zero attached hydrogens (tertiary/aromatic N) is 3. The van der Waals surface area contributed by atoms with Gasteiger partial charge < -0.3 is 14.5 Å². The van der Waals surface area contributed by atoms with Crippen molar-refractivity contribution in [3.8, 4) is 0 Å². The molecule has 1 fully saturated rings. The summed E-state index contributed by atoms with van der Waals surface area (Å²) in [5, 5.41) is 0.460. The van der Waals surface area contributed by atoms with Crippen molar-refractivity contribution in [3.63, 3.8) is 0 Å². The SMILES string of the molecule is C=C(Cl)CN(C(=O)OCc1ccc(C)cc1)C1CCN(CCC(C)CN(C)C)CC1. The molecule has 1 aliphatic rings. The molecular formula is C24H38ClN3O2. The average Bonchev–Trinajstić information content (AvgIpc) is 2.69. The number of rotatable bonds is 10. The Morgan fingerprint density at radius 1 is 1.27 bits per heavy atom. The van der Waals surface area contributed by atoms with E-state index in [2.05, 4.69) is 37.4 Å². The molecule has 2 rings (SSSR count). The lowest BCUT2D eigenvalue weighted by molar-refractivity contribution is 0.0646. The molecule has 1 saturated heterocycles. The van der Waals surface area contributed by atoms with Crippen molar-refractivity contribution >= 4 is 17.7 Å². The highest BCUT2D eigenvalue weighted by atomic mass is 35.5. The molecule has 1 aromatic carbocycles. The number of likely N-dealkylation sites (tertiary alicyclic amines) is 1. The molecule has 1 atom stereocenters. The van der Waals surface area contributed by atoms with E-state index in [1.54, 1.807) is 4.90 Å². The quantitative estimate of drug-likeness (QED) is 0.531. The number of carbonyl (C=O) groups is 1. The molecule has 168 valence electrons. The molecule has 30 heavy (non-hydrogen) atoms. The smallest absolute Gasteiger partial charge is 0.410 e. The standard InChI is InChI=1S/C24H38ClN3O2/c1-19-6-8-22(9-7-19)18-30-24(29)28(17-21(3)25)23-11-14-27(15-12-23)13-10-20(2)16-26(4)5/h6-9,20,23H,3,10-18H2,1-2,4-5H3. The molecule has 0 spiro atoms. The molecule has 1 unspecified atom stereocenters. The fourth-order valence-electron chi connectivity index (χ4n) is 4.01. The fraction of sp³-hybridized carbons (Fsp3) is 0.625. The lowest BCUT2D eigenvalue weighted by Gasteiger charge is -2.38. The lowest BCUT2D eigenvalue weighted by atomic mass is 10.0. The Labute approximate surface area is 187 Å². The molecule has 0 radical (unpaired) electrons. The van der Waals surface area contributed by atoms with Crippen LogP contribution in [0.4, 0.5) is 4.79 Å². The summed E-state index contributed by atoms with van der Waals surface area (Å²) in [5.74, 6) is 0.686. The monoisotopic (exact) mass is 435 g/mol. The van der Waals surface area contributed by atoms with E-state index >= 15 is 0 Å². The van der Waals surface area contributed by atoms with Crippen molar-refractivity contribution in [2.24, 2.45) is 5.92 Å². The Morgan fingerprint density at radius 3 is 2.47 bits per heavy atom. The fourth-order valence-corrected chi connectivity index (χ4v) is 4.14. The van der Waals surface area contributed by atoms with Crippen molar-refractivity contribution in [2.45, 2.75) is 45.8 Å². The molecule has 0 aliphatic carbocycles. The summed E-state index contributed by atoms with van der Waals surface area (Å²) < 4.78 is 5.60. The molecule has 0 saturated carbocycles. The maximum atomic E-state index is 12.8. The highest BCUT2D eigenvalue weighted by molar-refractivity contribution is 6.29. The van der Waals surface area contributed by atoms with Crippen LogP contribution in [-0.2, 0) is 11.3 Å². The van der Waals surface area contributed by atoms with E-state index in [1.807, 2.05) is 31.2 Å². The summed E-state index contributed by atoms with van der Waals surface area (Å²) in [5.41, 5.74) is 2.17. The zero-order chi connectivity index (χ0) is 22.1. The van der Waals surface area contributed by atoms with Gasteiger partial charge >= 0.3 is 6.09 Å². The Kier molecular flexibility index (Phi) is 10.2. The predicted octanol–water partition coefficient (Wildman–Crippen LogP) is 4.74. The highest BCUT2D eigenvalue weighted by Gasteiger charge is 2.29. The first-order valence-corrected chi connectivity index (χ1v) is 11.3. The van der Waals surface area contributed by atoms with Gasteiger partial charge in [-0.15, -0.1) is 0 Å². The topological polar surface area (TPSA) is 36.0 Å². The van der Waals surface area contributed by atoms with Crippen molar-refractivity contribution in [2.75, 3.05) is 46.8 Å². The Bertz CT molecular complexity index is 670. The van der Waals surface area contributed by atoms with E-state index in [0.717, 1.165) is 44.6 Å². The van der Waals surface area contributed by atoms with Gasteiger partial charge in [0.15, 0.2) is 0 Å². The molecule has 1 aliphatic heterocycles. The summed E-state index contributed by atoms with van der Waals surface area (Å²) in [6, 6.07) is 8.17. The van der Waals surface area contributed by atoms with Gasteiger partial charge in [-0.1, -0.05) is 54.9 Å². The molecule has 5 nitrogen and oxygen atoms in total. The van der Waals surface area contributed by atoms with Gasteiger partial charge in [0.25, 0.3) is 0 Å². The number of halogens is 1. The number of benzene rings is 1. The van der Waals surface area contributed by atoms with Gasteiger partial charge in [-0.05, 0) is 58.3 Å². The van der Waals surface area contributed by atoms with Crippen LogP contribution in [0.5, 0.6) is 0 Å². The first-order valence-electron chi connectivity index (χ1n) is 10.9. The second-order valence-electron chi connectivity index (χ2n) is 8.91. The first kappa shape index (κ1) is 24.7. The zero-order valence-corrected chi connectivity index (χ0v) is 19.8. The number of hydrogen-bond donors (Lipinski definition) is 0. The third kappa shape index (κ3) is 8.66. The van der Waals surface area contributed by atoms with Crippen LogP contribution >= 0.6 is 11.6 Å². The largest absolute Gasteiger partial charge is 0.445 e. The summed E-state index contributed by atoms with van der Waals surface area (Å²) in [7, 11) is 4.25. The highest BCUT2D eigenvalue weighted by Crippen LogP contribution is 2.21. The van der Waals surface area contributed by atoms with Gasteiger partial charge in [-0.25, -0.2) is 4.79 Å². The first-order chi connectivity index (χ1) is 14.2. The maximum absolute atomic E-state index is 12.8. The normalized spacial score (nSPS) is 16.5. The summed E-state index contributed by atoms with van der Waals surface area (Å²) >= 11 is 6.07. The van der Waals surface area contributed by atoms with Crippen molar-refractivity contribution in [1.29, 1.82) is 0 Å². The van der Waals surface area contributed by atoms with Gasteiger partial charge in [0.1, 0.15) is 6.61 Å². The second kappa shape index (κ2) is 12.3. The number of hydrogen-bond acceptors (Lipinski definition) is 4. The molecule has 1 heterocycles. The third-order valence-electron chi connectivity index (χ3n) is 5.67. The van der Waals surface area contributed by atoms with Crippen molar-refractivity contribution < 1.29 is 9.53 Å². The van der Waals surface area contributed by atoms with Crippen LogP contribution in [0.3, 0.4) is 0 Å². The third-order valence-corrected chi connectivity index (χ3v) is 5.79. The van der Waals surface area contributed by atoms with Gasteiger partial charge in [-0.2, -0.15) is 0 Å². The van der Waals surface area contributed by atoms with E-state index in [9.17, 15) is 4.79 Å². The zero-order valence-electron chi connectivity index (χ0n) is 19.1. The summed E-state index contributed by atoms with van der Waals surface area (Å²) in [6.45, 7) is 13.0. The van der Waals surface area contributed by atoms with E-state index < -0.39 is 0 Å². The van der Waals surface area contributed by atoms with Crippen LogP contribution in [-0.4, -0.2) is 73.7 Å². The van der Waals surface area contributed by atoms with Gasteiger partial charge in [0.2, 0.25) is 0 Å². The Balaban J connectivity index is 1.84. The van der Waals surface area contributed by atoms with Gasteiger partial charge in [0.05, 0.1) is 6.54 Å². The van der Waals surface area contributed by atoms with E-state index in [1.165, 1.54) is 12.0 Å². The molecule has 0 N–H and O–H groups in total. The number of amides is 1. The minimum absolute atomic E-state index is 0.140. The number of ether oxygens (including phenoxy) is 1. The minimum Gasteiger partial charge on any atom is -0.445 e. The number of aryl methyl sites for hydroxylation is 1. The van der Waals surface area contributed by atoms with Gasteiger partial charge in [0, 0.05) is 30.7 Å². The van der Waals surface area contributed by atoms with Crippen LogP contribution in [0.1, 0.15) is 37.3 Å². The van der Waals surface area contributed by atoms with Crippen LogP contribution in [0.2, 0.25) is 0 Å². The predicted molar refractivity (Wildman–Crippen MR) is 125 cm³/mol. The summed E-state index contributed by atoms with van der Waals surface area (Å²) in [6.07, 6.45) is 2.76. The maximum Gasteiger partial charge on any atom is 0.410 e. The van der Waals surface area contributed by atoms with Crippen molar-refractivity contribution in [1.82, 2.24) is 14.7 Å². The molecule has 0 bridgehead atoms. The van der Waals surface area contributed by atoms with E-state index in [0.29, 0.717) is 17.5 Å². The molecule has 1 amide bonds. The Hall–Kier alpha value is -1.56. The number of piperidine rings is 1. The molecule has 1 aromatic rings. The minimum atomic E-state index is -0.310.